The van der Waals surface area contributed by atoms with Crippen molar-refractivity contribution in [2.24, 2.45) is 0 Å². The molecule has 1 fully saturated rings. The van der Waals surface area contributed by atoms with Crippen molar-refractivity contribution >= 4 is 18.2 Å². The Balaban J connectivity index is 0.00000210. The number of nitrogens with zero attached hydrogens (tertiary/aromatic N) is 5. The van der Waals surface area contributed by atoms with Crippen LogP contribution in [0.2, 0.25) is 0 Å². The van der Waals surface area contributed by atoms with E-state index in [2.05, 4.69) is 36.9 Å². The van der Waals surface area contributed by atoms with Gasteiger partial charge in [0, 0.05) is 61.9 Å². The van der Waals surface area contributed by atoms with Crippen LogP contribution in [0.1, 0.15) is 18.5 Å². The highest BCUT2D eigenvalue weighted by molar-refractivity contribution is 5.85. The highest BCUT2D eigenvalue weighted by Gasteiger charge is 2.25. The van der Waals surface area contributed by atoms with Crippen LogP contribution in [0.4, 0.5) is 10.2 Å². The van der Waals surface area contributed by atoms with E-state index in [9.17, 15) is 4.39 Å². The molecule has 0 saturated carbocycles. The summed E-state index contributed by atoms with van der Waals surface area (Å²) in [7, 11) is 0. The van der Waals surface area contributed by atoms with Crippen LogP contribution < -0.4 is 4.90 Å². The van der Waals surface area contributed by atoms with Crippen molar-refractivity contribution in [3.05, 3.63) is 60.4 Å². The zero-order valence-electron chi connectivity index (χ0n) is 15.0. The number of rotatable bonds is 4. The summed E-state index contributed by atoms with van der Waals surface area (Å²) in [5.41, 5.74) is 2.27. The van der Waals surface area contributed by atoms with Crippen molar-refractivity contribution in [3.8, 4) is 11.3 Å². The Labute approximate surface area is 163 Å². The minimum Gasteiger partial charge on any atom is -0.352 e. The topological polar surface area (TPSA) is 60.9 Å². The molecule has 27 heavy (non-hydrogen) atoms. The molecule has 142 valence electrons. The summed E-state index contributed by atoms with van der Waals surface area (Å²) >= 11 is 0. The number of anilines is 1. The Kier molecular flexibility index (Phi) is 6.03. The lowest BCUT2D eigenvalue weighted by Crippen LogP contribution is -2.47. The van der Waals surface area contributed by atoms with Crippen LogP contribution in [0.5, 0.6) is 0 Å². The number of benzene rings is 1. The number of aromatic amines is 1. The Morgan fingerprint density at radius 1 is 1.07 bits per heavy atom. The van der Waals surface area contributed by atoms with Crippen LogP contribution in [-0.4, -0.2) is 51.2 Å². The number of aromatic nitrogens is 4. The predicted octanol–water partition coefficient (Wildman–Crippen LogP) is 3.31. The molecule has 0 bridgehead atoms. The molecule has 1 aromatic carbocycles. The molecule has 1 unspecified atom stereocenters. The summed E-state index contributed by atoms with van der Waals surface area (Å²) in [5.74, 6) is 0.467. The number of nitrogens with one attached hydrogen (secondary N) is 1. The van der Waals surface area contributed by atoms with Gasteiger partial charge in [0.05, 0.1) is 6.20 Å². The van der Waals surface area contributed by atoms with Gasteiger partial charge in [-0.25, -0.2) is 9.37 Å². The lowest BCUT2D eigenvalue weighted by atomic mass is 10.1. The number of hydrogen-bond acceptors (Lipinski definition) is 5. The second kappa shape index (κ2) is 8.45. The highest BCUT2D eigenvalue weighted by atomic mass is 35.5. The molecule has 2 aromatic heterocycles. The maximum absolute atomic E-state index is 14.2. The molecule has 0 aliphatic carbocycles. The van der Waals surface area contributed by atoms with E-state index >= 15 is 0 Å². The predicted molar refractivity (Wildman–Crippen MR) is 105 cm³/mol. The smallest absolute Gasteiger partial charge is 0.155 e. The van der Waals surface area contributed by atoms with Crippen molar-refractivity contribution in [2.75, 3.05) is 31.1 Å². The van der Waals surface area contributed by atoms with Gasteiger partial charge in [-0.2, -0.15) is 5.10 Å². The van der Waals surface area contributed by atoms with Gasteiger partial charge < -0.3 is 4.90 Å². The number of piperazine rings is 1. The van der Waals surface area contributed by atoms with Crippen molar-refractivity contribution in [1.29, 1.82) is 0 Å². The first-order valence-electron chi connectivity index (χ1n) is 8.77. The summed E-state index contributed by atoms with van der Waals surface area (Å²) in [6.45, 7) is 5.64. The lowest BCUT2D eigenvalue weighted by molar-refractivity contribution is 0.198. The number of H-pyrrole nitrogens is 1. The summed E-state index contributed by atoms with van der Waals surface area (Å²) in [4.78, 5) is 13.5. The SMILES string of the molecule is CC(c1cn[nH]c1)N1CCN(c2nccnc2-c2ccccc2F)CC1.Cl. The molecule has 0 radical (unpaired) electrons. The Morgan fingerprint density at radius 2 is 1.81 bits per heavy atom. The minimum absolute atomic E-state index is 0. The minimum atomic E-state index is -0.276. The molecule has 1 aliphatic heterocycles. The molecule has 3 aromatic rings. The molecule has 6 nitrogen and oxygen atoms in total. The largest absolute Gasteiger partial charge is 0.352 e. The van der Waals surface area contributed by atoms with Gasteiger partial charge in [0.15, 0.2) is 5.82 Å². The van der Waals surface area contributed by atoms with Crippen LogP contribution >= 0.6 is 12.4 Å². The number of hydrogen-bond donors (Lipinski definition) is 1. The lowest BCUT2D eigenvalue weighted by Gasteiger charge is -2.38. The van der Waals surface area contributed by atoms with E-state index in [0.717, 1.165) is 32.0 Å². The zero-order valence-corrected chi connectivity index (χ0v) is 15.9. The fourth-order valence-electron chi connectivity index (χ4n) is 3.43. The van der Waals surface area contributed by atoms with E-state index in [4.69, 9.17) is 0 Å². The molecular formula is C19H22ClFN6. The summed E-state index contributed by atoms with van der Waals surface area (Å²) in [6.07, 6.45) is 7.09. The first-order chi connectivity index (χ1) is 12.7. The maximum Gasteiger partial charge on any atom is 0.155 e. The van der Waals surface area contributed by atoms with Gasteiger partial charge in [-0.15, -0.1) is 12.4 Å². The van der Waals surface area contributed by atoms with Crippen molar-refractivity contribution in [1.82, 2.24) is 25.1 Å². The third-order valence-corrected chi connectivity index (χ3v) is 4.97. The average molecular weight is 389 g/mol. The van der Waals surface area contributed by atoms with E-state index < -0.39 is 0 Å². The molecule has 8 heteroatoms. The van der Waals surface area contributed by atoms with Crippen LogP contribution in [0.3, 0.4) is 0 Å². The summed E-state index contributed by atoms with van der Waals surface area (Å²) < 4.78 is 14.2. The molecule has 1 atom stereocenters. The second-order valence-corrected chi connectivity index (χ2v) is 6.44. The van der Waals surface area contributed by atoms with Crippen LogP contribution in [0, 0.1) is 5.82 Å². The fourth-order valence-corrected chi connectivity index (χ4v) is 3.43. The molecule has 0 spiro atoms. The summed E-state index contributed by atoms with van der Waals surface area (Å²) in [6, 6.07) is 7.02. The molecule has 4 rings (SSSR count). The third kappa shape index (κ3) is 3.94. The number of halogens is 2. The van der Waals surface area contributed by atoms with E-state index in [-0.39, 0.29) is 18.2 Å². The second-order valence-electron chi connectivity index (χ2n) is 6.44. The highest BCUT2D eigenvalue weighted by Crippen LogP contribution is 2.30. The molecule has 0 amide bonds. The molecule has 3 heterocycles. The Bertz CT molecular complexity index is 864. The van der Waals surface area contributed by atoms with Gasteiger partial charge in [-0.3, -0.25) is 15.0 Å². The van der Waals surface area contributed by atoms with E-state index in [1.807, 2.05) is 18.5 Å². The van der Waals surface area contributed by atoms with E-state index in [1.165, 1.54) is 11.6 Å². The van der Waals surface area contributed by atoms with Crippen molar-refractivity contribution in [2.45, 2.75) is 13.0 Å². The fraction of sp³-hybridized carbons (Fsp3) is 0.316. The van der Waals surface area contributed by atoms with Gasteiger partial charge in [0.2, 0.25) is 0 Å². The molecule has 1 N–H and O–H groups in total. The summed E-state index contributed by atoms with van der Waals surface area (Å²) in [5, 5.41) is 6.91. The molecule has 1 saturated heterocycles. The monoisotopic (exact) mass is 388 g/mol. The van der Waals surface area contributed by atoms with Gasteiger partial charge in [-0.1, -0.05) is 12.1 Å². The first-order valence-corrected chi connectivity index (χ1v) is 8.77. The van der Waals surface area contributed by atoms with Gasteiger partial charge in [-0.05, 0) is 19.1 Å². The van der Waals surface area contributed by atoms with Crippen LogP contribution in [0.25, 0.3) is 11.3 Å². The van der Waals surface area contributed by atoms with Gasteiger partial charge >= 0.3 is 0 Å². The quantitative estimate of drug-likeness (QED) is 0.743. The zero-order chi connectivity index (χ0) is 17.9. The van der Waals surface area contributed by atoms with Crippen LogP contribution in [-0.2, 0) is 0 Å². The van der Waals surface area contributed by atoms with Crippen LogP contribution in [0.15, 0.2) is 49.1 Å². The van der Waals surface area contributed by atoms with Gasteiger partial charge in [0.25, 0.3) is 0 Å². The Hall–Kier alpha value is -2.51. The van der Waals surface area contributed by atoms with Gasteiger partial charge in [0.1, 0.15) is 11.5 Å². The average Bonchev–Trinajstić information content (AvgIpc) is 3.23. The standard InChI is InChI=1S/C19H21FN6.ClH/c1-14(15-12-23-24-13-15)25-8-10-26(11-9-25)19-18(21-6-7-22-19)16-4-2-3-5-17(16)20;/h2-7,12-14H,8-11H2,1H3,(H,23,24);1H. The first kappa shape index (κ1) is 19.3. The van der Waals surface area contributed by atoms with E-state index in [0.29, 0.717) is 17.3 Å². The molecular weight excluding hydrogens is 367 g/mol. The van der Waals surface area contributed by atoms with Crippen molar-refractivity contribution in [3.63, 3.8) is 0 Å². The van der Waals surface area contributed by atoms with E-state index in [1.54, 1.807) is 24.5 Å². The Morgan fingerprint density at radius 3 is 2.52 bits per heavy atom. The molecule has 1 aliphatic rings. The normalized spacial score (nSPS) is 16.0. The maximum atomic E-state index is 14.2. The third-order valence-electron chi connectivity index (χ3n) is 4.97. The van der Waals surface area contributed by atoms with Crippen molar-refractivity contribution < 1.29 is 4.39 Å².